The lowest BCUT2D eigenvalue weighted by Crippen LogP contribution is -2.32. The smallest absolute Gasteiger partial charge is 0.242 e. The quantitative estimate of drug-likeness (QED) is 0.808. The minimum absolute atomic E-state index is 0.0446. The fourth-order valence-corrected chi connectivity index (χ4v) is 3.03. The maximum atomic E-state index is 12.3. The van der Waals surface area contributed by atoms with E-state index in [4.69, 9.17) is 16.3 Å². The molecule has 0 spiro atoms. The van der Waals surface area contributed by atoms with Crippen LogP contribution in [-0.2, 0) is 36.2 Å². The Hall–Kier alpha value is -1.85. The second-order valence-corrected chi connectivity index (χ2v) is 6.04. The van der Waals surface area contributed by atoms with Gasteiger partial charge in [0.25, 0.3) is 0 Å². The Morgan fingerprint density at radius 3 is 2.91 bits per heavy atom. The molecular formula is C17H20ClN3O2. The van der Waals surface area contributed by atoms with Crippen molar-refractivity contribution in [3.63, 3.8) is 0 Å². The van der Waals surface area contributed by atoms with Gasteiger partial charge in [0.1, 0.15) is 5.88 Å². The summed E-state index contributed by atoms with van der Waals surface area (Å²) in [4.78, 5) is 14.1. The summed E-state index contributed by atoms with van der Waals surface area (Å²) in [7, 11) is 1.88. The number of carbonyl (C=O) groups excluding carboxylic acids is 1. The standard InChI is InChI=1S/C17H20ClN3O2/c1-12-7-16(20(2)19-12)10-21(17(22)9-18)15-4-3-14-11-23-6-5-13(14)8-15/h3-4,7-8H,5-6,9-11H2,1-2H3. The van der Waals surface area contributed by atoms with E-state index < -0.39 is 0 Å². The summed E-state index contributed by atoms with van der Waals surface area (Å²) in [6, 6.07) is 8.06. The third kappa shape index (κ3) is 3.41. The summed E-state index contributed by atoms with van der Waals surface area (Å²) in [5.41, 5.74) is 5.21. The molecule has 0 saturated heterocycles. The van der Waals surface area contributed by atoms with Gasteiger partial charge in [-0.25, -0.2) is 0 Å². The van der Waals surface area contributed by atoms with Crippen molar-refractivity contribution in [2.75, 3.05) is 17.4 Å². The van der Waals surface area contributed by atoms with Gasteiger partial charge < -0.3 is 9.64 Å². The van der Waals surface area contributed by atoms with Crippen LogP contribution in [0.25, 0.3) is 0 Å². The lowest BCUT2D eigenvalue weighted by Gasteiger charge is -2.25. The second-order valence-electron chi connectivity index (χ2n) is 5.77. The fraction of sp³-hybridized carbons (Fsp3) is 0.412. The van der Waals surface area contributed by atoms with Gasteiger partial charge in [-0.15, -0.1) is 11.6 Å². The van der Waals surface area contributed by atoms with Crippen LogP contribution in [0, 0.1) is 6.92 Å². The van der Waals surface area contributed by atoms with Crippen LogP contribution in [0.15, 0.2) is 24.3 Å². The van der Waals surface area contributed by atoms with Gasteiger partial charge in [0.05, 0.1) is 31.1 Å². The van der Waals surface area contributed by atoms with E-state index in [2.05, 4.69) is 11.2 Å². The Morgan fingerprint density at radius 2 is 2.22 bits per heavy atom. The van der Waals surface area contributed by atoms with Gasteiger partial charge in [-0.3, -0.25) is 9.48 Å². The van der Waals surface area contributed by atoms with E-state index in [0.717, 1.165) is 30.1 Å². The second kappa shape index (κ2) is 6.72. The number of hydrogen-bond acceptors (Lipinski definition) is 3. The molecule has 0 atom stereocenters. The van der Waals surface area contributed by atoms with Crippen molar-refractivity contribution in [3.8, 4) is 0 Å². The first-order valence-electron chi connectivity index (χ1n) is 7.64. The van der Waals surface area contributed by atoms with Crippen LogP contribution in [0.2, 0.25) is 0 Å². The normalized spacial score (nSPS) is 13.7. The number of alkyl halides is 1. The number of carbonyl (C=O) groups is 1. The summed E-state index contributed by atoms with van der Waals surface area (Å²) in [6.07, 6.45) is 0.872. The lowest BCUT2D eigenvalue weighted by molar-refractivity contribution is -0.116. The highest BCUT2D eigenvalue weighted by Crippen LogP contribution is 2.25. The third-order valence-electron chi connectivity index (χ3n) is 4.11. The highest BCUT2D eigenvalue weighted by Gasteiger charge is 2.19. The number of benzene rings is 1. The van der Waals surface area contributed by atoms with Gasteiger partial charge >= 0.3 is 0 Å². The molecule has 5 nitrogen and oxygen atoms in total. The van der Waals surface area contributed by atoms with E-state index in [1.54, 1.807) is 9.58 Å². The maximum Gasteiger partial charge on any atom is 0.242 e. The van der Waals surface area contributed by atoms with Crippen LogP contribution < -0.4 is 4.90 Å². The summed E-state index contributed by atoms with van der Waals surface area (Å²) in [6.45, 7) is 3.76. The molecule has 0 unspecified atom stereocenters. The van der Waals surface area contributed by atoms with Crippen molar-refractivity contribution in [2.45, 2.75) is 26.5 Å². The molecule has 6 heteroatoms. The van der Waals surface area contributed by atoms with Crippen molar-refractivity contribution in [1.82, 2.24) is 9.78 Å². The first-order valence-corrected chi connectivity index (χ1v) is 8.17. The number of fused-ring (bicyclic) bond motifs is 1. The summed E-state index contributed by atoms with van der Waals surface area (Å²) in [5, 5.41) is 4.34. The van der Waals surface area contributed by atoms with Crippen LogP contribution in [-0.4, -0.2) is 28.2 Å². The molecule has 1 aliphatic heterocycles. The third-order valence-corrected chi connectivity index (χ3v) is 4.34. The average molecular weight is 334 g/mol. The van der Waals surface area contributed by atoms with Crippen LogP contribution in [0.5, 0.6) is 0 Å². The van der Waals surface area contributed by atoms with Crippen LogP contribution in [0.3, 0.4) is 0 Å². The maximum absolute atomic E-state index is 12.3. The molecule has 3 rings (SSSR count). The number of aryl methyl sites for hydroxylation is 2. The number of anilines is 1. The highest BCUT2D eigenvalue weighted by molar-refractivity contribution is 6.29. The SMILES string of the molecule is Cc1cc(CN(C(=O)CCl)c2ccc3c(c2)CCOC3)n(C)n1. The minimum Gasteiger partial charge on any atom is -0.376 e. The Labute approximate surface area is 140 Å². The number of amides is 1. The predicted molar refractivity (Wildman–Crippen MR) is 89.7 cm³/mol. The zero-order valence-electron chi connectivity index (χ0n) is 13.4. The zero-order chi connectivity index (χ0) is 16.4. The molecule has 122 valence electrons. The monoisotopic (exact) mass is 333 g/mol. The minimum atomic E-state index is -0.113. The number of rotatable bonds is 4. The molecule has 2 heterocycles. The molecule has 1 amide bonds. The molecular weight excluding hydrogens is 314 g/mol. The molecule has 0 aliphatic carbocycles. The van der Waals surface area contributed by atoms with E-state index in [9.17, 15) is 4.79 Å². The number of hydrogen-bond donors (Lipinski definition) is 0. The van der Waals surface area contributed by atoms with Crippen molar-refractivity contribution in [3.05, 3.63) is 46.8 Å². The Morgan fingerprint density at radius 1 is 1.39 bits per heavy atom. The average Bonchev–Trinajstić information content (AvgIpc) is 2.89. The lowest BCUT2D eigenvalue weighted by atomic mass is 10.0. The number of halogens is 1. The summed E-state index contributed by atoms with van der Waals surface area (Å²) < 4.78 is 7.27. The first-order chi connectivity index (χ1) is 11.1. The van der Waals surface area contributed by atoms with Gasteiger partial charge in [0.15, 0.2) is 0 Å². The molecule has 2 aromatic rings. The number of aromatic nitrogens is 2. The van der Waals surface area contributed by atoms with Gasteiger partial charge in [0.2, 0.25) is 5.91 Å². The number of ether oxygens (including phenoxy) is 1. The van der Waals surface area contributed by atoms with E-state index in [1.165, 1.54) is 11.1 Å². The molecule has 23 heavy (non-hydrogen) atoms. The molecule has 0 bridgehead atoms. The van der Waals surface area contributed by atoms with Crippen molar-refractivity contribution < 1.29 is 9.53 Å². The van der Waals surface area contributed by atoms with E-state index in [0.29, 0.717) is 13.2 Å². The van der Waals surface area contributed by atoms with Gasteiger partial charge in [-0.2, -0.15) is 5.10 Å². The number of nitrogens with zero attached hydrogens (tertiary/aromatic N) is 3. The van der Waals surface area contributed by atoms with E-state index in [-0.39, 0.29) is 11.8 Å². The van der Waals surface area contributed by atoms with E-state index >= 15 is 0 Å². The van der Waals surface area contributed by atoms with Gasteiger partial charge in [0, 0.05) is 12.7 Å². The topological polar surface area (TPSA) is 47.4 Å². The predicted octanol–water partition coefficient (Wildman–Crippen LogP) is 2.57. The Kier molecular flexibility index (Phi) is 4.68. The molecule has 0 saturated carbocycles. The molecule has 0 fully saturated rings. The zero-order valence-corrected chi connectivity index (χ0v) is 14.1. The summed E-state index contributed by atoms with van der Waals surface area (Å²) >= 11 is 5.82. The molecule has 1 aromatic carbocycles. The Balaban J connectivity index is 1.93. The van der Waals surface area contributed by atoms with Gasteiger partial charge in [-0.05, 0) is 42.7 Å². The first kappa shape index (κ1) is 16.0. The Bertz CT molecular complexity index is 727. The molecule has 1 aromatic heterocycles. The highest BCUT2D eigenvalue weighted by atomic mass is 35.5. The van der Waals surface area contributed by atoms with Crippen molar-refractivity contribution >= 4 is 23.2 Å². The van der Waals surface area contributed by atoms with E-state index in [1.807, 2.05) is 32.2 Å². The van der Waals surface area contributed by atoms with Crippen molar-refractivity contribution in [1.29, 1.82) is 0 Å². The van der Waals surface area contributed by atoms with Crippen molar-refractivity contribution in [2.24, 2.45) is 7.05 Å². The van der Waals surface area contributed by atoms with Crippen LogP contribution in [0.4, 0.5) is 5.69 Å². The summed E-state index contributed by atoms with van der Waals surface area (Å²) in [5.74, 6) is -0.158. The van der Waals surface area contributed by atoms with Gasteiger partial charge in [-0.1, -0.05) is 6.07 Å². The molecule has 1 aliphatic rings. The molecule has 0 N–H and O–H groups in total. The van der Waals surface area contributed by atoms with Crippen LogP contribution >= 0.6 is 11.6 Å². The fourth-order valence-electron chi connectivity index (χ4n) is 2.89. The molecule has 0 radical (unpaired) electrons. The van der Waals surface area contributed by atoms with Crippen LogP contribution in [0.1, 0.15) is 22.5 Å². The largest absolute Gasteiger partial charge is 0.376 e.